The average molecular weight is 805 g/mol. The molecule has 15 nitrogen and oxygen atoms in total. The van der Waals surface area contributed by atoms with E-state index in [9.17, 15) is 45.0 Å². The molecule has 0 saturated carbocycles. The fraction of sp³-hybridized carbons (Fsp3) is 0.535. The lowest BCUT2D eigenvalue weighted by Crippen LogP contribution is -2.56. The predicted molar refractivity (Wildman–Crippen MR) is 221 cm³/mol. The van der Waals surface area contributed by atoms with Gasteiger partial charge in [0.2, 0.25) is 0 Å². The Kier molecular flexibility index (Phi) is 16.4. The van der Waals surface area contributed by atoms with Crippen LogP contribution in [0.4, 0.5) is 5.82 Å². The Morgan fingerprint density at radius 2 is 1.81 bits per heavy atom. The third kappa shape index (κ3) is 12.2. The Morgan fingerprint density at radius 3 is 2.50 bits per heavy atom. The number of rotatable bonds is 23. The van der Waals surface area contributed by atoms with Gasteiger partial charge in [-0.2, -0.15) is 0 Å². The van der Waals surface area contributed by atoms with Crippen molar-refractivity contribution in [1.29, 1.82) is 0 Å². The molecule has 15 heteroatoms. The molecule has 13 N–H and O–H groups in total. The van der Waals surface area contributed by atoms with Crippen molar-refractivity contribution in [2.45, 2.75) is 126 Å². The number of nitrogens with one attached hydrogen (secondary N) is 3. The molecule has 58 heavy (non-hydrogen) atoms. The number of carbonyl (C=O) groups excluding carboxylic acids is 2. The van der Waals surface area contributed by atoms with Crippen LogP contribution in [0.5, 0.6) is 0 Å². The van der Waals surface area contributed by atoms with Crippen molar-refractivity contribution in [2.24, 2.45) is 28.3 Å². The summed E-state index contributed by atoms with van der Waals surface area (Å²) < 4.78 is 0. The van der Waals surface area contributed by atoms with Gasteiger partial charge in [0.25, 0.3) is 0 Å². The minimum atomic E-state index is -1.45. The lowest BCUT2D eigenvalue weighted by Gasteiger charge is -2.39. The summed E-state index contributed by atoms with van der Waals surface area (Å²) in [5.41, 5.74) is 16.6. The Labute approximate surface area is 338 Å². The van der Waals surface area contributed by atoms with E-state index in [-0.39, 0.29) is 42.6 Å². The first kappa shape index (κ1) is 44.5. The standard InChI is InChI=1S/C43H60N6O9/c44-31(12-7-26(23-51)8-13-40(54)55)3-1-4-32-29(11-10-28-18-27-9-6-25(14-16-50)17-30(27)19-33(28)32)20-35(47-39-5-2-15-46-39)34(21-41(56)57)36-22-37(49-43(45)48-36)42(58)38(53)24-52/h2,5-6,9,15-19,21,23,26,29,31-32,35-38,40,42,46-47,52-55,58H,1,3-4,7-8,10-14,20,22,24,44H2,(H,56,57)(H3,45,48,49). The van der Waals surface area contributed by atoms with E-state index in [1.807, 2.05) is 18.2 Å². The number of benzene rings is 2. The average Bonchev–Trinajstić information content (AvgIpc) is 3.72. The molecule has 0 amide bonds. The number of aromatic nitrogens is 1. The van der Waals surface area contributed by atoms with Gasteiger partial charge in [-0.25, -0.2) is 9.79 Å². The number of aryl methyl sites for hydroxylation is 1. The fourth-order valence-electron chi connectivity index (χ4n) is 8.80. The Morgan fingerprint density at radius 1 is 1.02 bits per heavy atom. The van der Waals surface area contributed by atoms with E-state index in [1.165, 1.54) is 11.1 Å². The molecular formula is C43H60N6O9. The number of aromatic amines is 1. The Bertz CT molecular complexity index is 1870. The predicted octanol–water partition coefficient (Wildman–Crippen LogP) is 2.38. The molecule has 2 aliphatic rings. The quantitative estimate of drug-likeness (QED) is 0.0374. The third-order valence-electron chi connectivity index (χ3n) is 11.9. The van der Waals surface area contributed by atoms with Crippen molar-refractivity contribution in [3.05, 3.63) is 77.0 Å². The number of nitrogens with two attached hydrogens (primary N) is 2. The summed E-state index contributed by atoms with van der Waals surface area (Å²) >= 11 is 0. The molecule has 0 spiro atoms. The van der Waals surface area contributed by atoms with Gasteiger partial charge >= 0.3 is 5.97 Å². The zero-order valence-corrected chi connectivity index (χ0v) is 32.8. The minimum absolute atomic E-state index is 0.0209. The van der Waals surface area contributed by atoms with Crippen molar-refractivity contribution in [3.8, 4) is 0 Å². The highest BCUT2D eigenvalue weighted by Crippen LogP contribution is 2.45. The number of aldehydes is 2. The summed E-state index contributed by atoms with van der Waals surface area (Å²) in [5, 5.41) is 67.9. The Hall–Kier alpha value is -4.64. The maximum absolute atomic E-state index is 12.5. The van der Waals surface area contributed by atoms with Crippen molar-refractivity contribution >= 4 is 41.1 Å². The summed E-state index contributed by atoms with van der Waals surface area (Å²) in [7, 11) is 0. The van der Waals surface area contributed by atoms with E-state index < -0.39 is 49.2 Å². The summed E-state index contributed by atoms with van der Waals surface area (Å²) in [6.45, 7) is -0.673. The summed E-state index contributed by atoms with van der Waals surface area (Å²) in [6.07, 6.45) is 6.93. The van der Waals surface area contributed by atoms with E-state index in [0.717, 1.165) is 60.7 Å². The number of guanidine groups is 1. The summed E-state index contributed by atoms with van der Waals surface area (Å²) in [5.74, 6) is -0.696. The lowest BCUT2D eigenvalue weighted by atomic mass is 9.69. The molecule has 0 fully saturated rings. The molecule has 2 heterocycles. The molecule has 0 bridgehead atoms. The number of hydrogen-bond donors (Lipinski definition) is 11. The van der Waals surface area contributed by atoms with Crippen molar-refractivity contribution < 1.29 is 45.0 Å². The summed E-state index contributed by atoms with van der Waals surface area (Å²) in [4.78, 5) is 43.3. The maximum atomic E-state index is 12.5. The second-order valence-electron chi connectivity index (χ2n) is 16.0. The minimum Gasteiger partial charge on any atom is -0.478 e. The third-order valence-corrected chi connectivity index (χ3v) is 11.9. The van der Waals surface area contributed by atoms with Crippen LogP contribution in [0.1, 0.15) is 86.8 Å². The van der Waals surface area contributed by atoms with Gasteiger partial charge in [-0.1, -0.05) is 36.8 Å². The SMILES string of the molecule is NC1=NC(C(=CC(=O)O)C(CC2CCc3cc4ccc(CC=O)cc4cc3C2CCCC(N)CCC(C=O)CCC(O)O)Nc2ccc[nH]2)CC(C(O)C(O)CO)N1. The van der Waals surface area contributed by atoms with Gasteiger partial charge in [0.1, 0.15) is 30.6 Å². The number of nitrogens with zero attached hydrogens (tertiary/aromatic N) is 1. The molecule has 0 radical (unpaired) electrons. The number of aliphatic imine (C=N–C) groups is 1. The van der Waals surface area contributed by atoms with Crippen LogP contribution in [-0.4, -0.2) is 109 Å². The van der Waals surface area contributed by atoms with E-state index >= 15 is 0 Å². The smallest absolute Gasteiger partial charge is 0.328 e. The number of H-pyrrole nitrogens is 1. The normalized spacial score (nSPS) is 22.3. The molecule has 316 valence electrons. The zero-order chi connectivity index (χ0) is 41.8. The first-order valence-electron chi connectivity index (χ1n) is 20.4. The van der Waals surface area contributed by atoms with Crippen LogP contribution in [0.25, 0.3) is 10.8 Å². The van der Waals surface area contributed by atoms with Crippen molar-refractivity contribution in [2.75, 3.05) is 11.9 Å². The largest absolute Gasteiger partial charge is 0.478 e. The van der Waals surface area contributed by atoms with Crippen LogP contribution in [-0.2, 0) is 27.2 Å². The van der Waals surface area contributed by atoms with E-state index in [1.54, 1.807) is 6.20 Å². The number of hydrogen-bond acceptors (Lipinski definition) is 13. The molecule has 0 saturated heterocycles. The van der Waals surface area contributed by atoms with Gasteiger partial charge in [-0.15, -0.1) is 0 Å². The monoisotopic (exact) mass is 804 g/mol. The number of aliphatic carboxylic acids is 1. The number of anilines is 1. The molecule has 9 atom stereocenters. The van der Waals surface area contributed by atoms with Gasteiger partial charge in [-0.05, 0) is 121 Å². The number of carboxylic acid groups (broad SMARTS) is 1. The van der Waals surface area contributed by atoms with E-state index in [2.05, 4.69) is 44.9 Å². The van der Waals surface area contributed by atoms with Crippen LogP contribution in [0.3, 0.4) is 0 Å². The first-order chi connectivity index (χ1) is 27.9. The first-order valence-corrected chi connectivity index (χ1v) is 20.4. The Balaban J connectivity index is 1.46. The number of carbonyl (C=O) groups is 3. The molecular weight excluding hydrogens is 745 g/mol. The maximum Gasteiger partial charge on any atom is 0.328 e. The van der Waals surface area contributed by atoms with Gasteiger partial charge in [-0.3, -0.25) is 0 Å². The topological polar surface area (TPSA) is 277 Å². The molecule has 3 aromatic rings. The van der Waals surface area contributed by atoms with Crippen molar-refractivity contribution in [3.63, 3.8) is 0 Å². The summed E-state index contributed by atoms with van der Waals surface area (Å²) in [6, 6.07) is 11.9. The number of fused-ring (bicyclic) bond motifs is 2. The molecule has 1 aliphatic carbocycles. The van der Waals surface area contributed by atoms with Crippen LogP contribution in [0.2, 0.25) is 0 Å². The van der Waals surface area contributed by atoms with E-state index in [4.69, 9.17) is 11.5 Å². The highest BCUT2D eigenvalue weighted by molar-refractivity contribution is 5.86. The van der Waals surface area contributed by atoms with Gasteiger partial charge < -0.3 is 67.3 Å². The number of carboxylic acids is 1. The molecule has 1 aromatic heterocycles. The van der Waals surface area contributed by atoms with Crippen LogP contribution < -0.4 is 22.1 Å². The second kappa shape index (κ2) is 21.4. The van der Waals surface area contributed by atoms with Gasteiger partial charge in [0, 0.05) is 30.7 Å². The lowest BCUT2D eigenvalue weighted by molar-refractivity contribution is -0.131. The van der Waals surface area contributed by atoms with Crippen molar-refractivity contribution in [1.82, 2.24) is 10.3 Å². The highest BCUT2D eigenvalue weighted by atomic mass is 16.5. The molecule has 1 aliphatic heterocycles. The van der Waals surface area contributed by atoms with Crippen LogP contribution in [0.15, 0.2) is 65.3 Å². The fourth-order valence-corrected chi connectivity index (χ4v) is 8.80. The van der Waals surface area contributed by atoms with Crippen LogP contribution >= 0.6 is 0 Å². The zero-order valence-electron chi connectivity index (χ0n) is 32.8. The van der Waals surface area contributed by atoms with E-state index in [0.29, 0.717) is 49.9 Å². The molecule has 9 unspecified atom stereocenters. The molecule has 5 rings (SSSR count). The highest BCUT2D eigenvalue weighted by Gasteiger charge is 2.38. The van der Waals surface area contributed by atoms with Crippen LogP contribution in [0, 0.1) is 11.8 Å². The molecule has 2 aromatic carbocycles. The number of aliphatic hydroxyl groups excluding tert-OH is 4. The number of aliphatic hydroxyl groups is 5. The van der Waals surface area contributed by atoms with Gasteiger partial charge in [0.05, 0.1) is 24.7 Å². The van der Waals surface area contributed by atoms with Gasteiger partial charge in [0.15, 0.2) is 12.2 Å². The second-order valence-corrected chi connectivity index (χ2v) is 16.0.